The highest BCUT2D eigenvalue weighted by molar-refractivity contribution is 7.71. The first-order chi connectivity index (χ1) is 16.2. The van der Waals surface area contributed by atoms with E-state index in [0.29, 0.717) is 46.0 Å². The van der Waals surface area contributed by atoms with Crippen molar-refractivity contribution in [2.45, 2.75) is 66.0 Å². The predicted octanol–water partition coefficient (Wildman–Crippen LogP) is 5.84. The largest absolute Gasteiger partial charge is 0.384 e. The number of nitrogens with zero attached hydrogens (tertiary/aromatic N) is 3. The van der Waals surface area contributed by atoms with Crippen molar-refractivity contribution >= 4 is 29.3 Å². The Kier molecular flexibility index (Phi) is 7.36. The first kappa shape index (κ1) is 27.1. The summed E-state index contributed by atoms with van der Waals surface area (Å²) in [6.07, 6.45) is 0.966. The zero-order valence-corrected chi connectivity index (χ0v) is 22.0. The first-order valence-corrected chi connectivity index (χ1v) is 13.6. The van der Waals surface area contributed by atoms with Crippen LogP contribution < -0.4 is 10.6 Å². The summed E-state index contributed by atoms with van der Waals surface area (Å²) < 4.78 is 58.3. The Labute approximate surface area is 203 Å². The fourth-order valence-corrected chi connectivity index (χ4v) is 6.20. The molecule has 0 amide bonds. The van der Waals surface area contributed by atoms with Crippen molar-refractivity contribution in [1.29, 1.82) is 0 Å². The Bertz CT molecular complexity index is 1300. The van der Waals surface area contributed by atoms with Crippen LogP contribution in [0.2, 0.25) is 0 Å². The average molecular weight is 509 g/mol. The molecule has 1 atom stereocenters. The lowest BCUT2D eigenvalue weighted by atomic mass is 9.91. The Morgan fingerprint density at radius 3 is 2.31 bits per heavy atom. The molecule has 3 rings (SSSR count). The van der Waals surface area contributed by atoms with Gasteiger partial charge in [0.05, 0.1) is 22.7 Å². The number of nitrogens with one attached hydrogen (secondary N) is 1. The fraction of sp³-hybridized carbons (Fsp3) is 0.480. The van der Waals surface area contributed by atoms with Gasteiger partial charge in [0.25, 0.3) is 0 Å². The molecular weight excluding hydrogens is 476 g/mol. The predicted molar refractivity (Wildman–Crippen MR) is 134 cm³/mol. The number of aryl methyl sites for hydroxylation is 2. The molecule has 0 saturated carbocycles. The van der Waals surface area contributed by atoms with Gasteiger partial charge in [-0.25, -0.2) is 19.3 Å². The minimum absolute atomic E-state index is 0.0103. The van der Waals surface area contributed by atoms with Crippen LogP contribution in [0.3, 0.4) is 0 Å². The van der Waals surface area contributed by atoms with Crippen molar-refractivity contribution in [1.82, 2.24) is 15.0 Å². The molecule has 3 aromatic rings. The van der Waals surface area contributed by atoms with Crippen LogP contribution >= 0.6 is 7.14 Å². The normalized spacial score (nSPS) is 13.8. The van der Waals surface area contributed by atoms with Gasteiger partial charge in [-0.05, 0) is 46.8 Å². The SMILES string of the molecule is CCP(=O)(CC)c1cc2c(N[C@H](C)c3cccc(C(F)(F)C(C)(C)O)c3F)nc(C)nc2nc1C. The Morgan fingerprint density at radius 1 is 1.11 bits per heavy atom. The molecule has 2 aromatic heterocycles. The van der Waals surface area contributed by atoms with E-state index in [1.54, 1.807) is 26.8 Å². The summed E-state index contributed by atoms with van der Waals surface area (Å²) in [7, 11) is -2.66. The second-order valence-electron chi connectivity index (χ2n) is 9.31. The van der Waals surface area contributed by atoms with E-state index in [1.807, 2.05) is 13.8 Å². The minimum Gasteiger partial charge on any atom is -0.384 e. The maximum absolute atomic E-state index is 15.3. The third-order valence-electron chi connectivity index (χ3n) is 6.38. The lowest BCUT2D eigenvalue weighted by Crippen LogP contribution is -2.41. The molecule has 35 heavy (non-hydrogen) atoms. The minimum atomic E-state index is -3.80. The number of halogens is 3. The van der Waals surface area contributed by atoms with Crippen LogP contribution in [0, 0.1) is 19.7 Å². The third-order valence-corrected chi connectivity index (χ3v) is 9.75. The van der Waals surface area contributed by atoms with Crippen LogP contribution in [-0.2, 0) is 10.5 Å². The number of aromatic nitrogens is 3. The number of hydrogen-bond donors (Lipinski definition) is 2. The maximum atomic E-state index is 15.3. The number of anilines is 1. The molecule has 10 heteroatoms. The van der Waals surface area contributed by atoms with Gasteiger partial charge >= 0.3 is 5.92 Å². The molecule has 0 aliphatic heterocycles. The molecule has 190 valence electrons. The maximum Gasteiger partial charge on any atom is 0.303 e. The summed E-state index contributed by atoms with van der Waals surface area (Å²) in [6, 6.07) is 4.72. The summed E-state index contributed by atoms with van der Waals surface area (Å²) in [4.78, 5) is 13.4. The van der Waals surface area contributed by atoms with E-state index >= 15 is 4.39 Å². The smallest absolute Gasteiger partial charge is 0.303 e. The van der Waals surface area contributed by atoms with Gasteiger partial charge in [0, 0.05) is 23.2 Å². The van der Waals surface area contributed by atoms with Crippen LogP contribution in [0.1, 0.15) is 63.3 Å². The number of alkyl halides is 2. The van der Waals surface area contributed by atoms with Crippen molar-refractivity contribution in [3.8, 4) is 0 Å². The van der Waals surface area contributed by atoms with Crippen molar-refractivity contribution in [3.63, 3.8) is 0 Å². The number of aliphatic hydroxyl groups is 1. The van der Waals surface area contributed by atoms with Gasteiger partial charge in [0.15, 0.2) is 5.65 Å². The van der Waals surface area contributed by atoms with E-state index in [9.17, 15) is 18.5 Å². The zero-order valence-electron chi connectivity index (χ0n) is 21.1. The molecule has 0 bridgehead atoms. The van der Waals surface area contributed by atoms with Gasteiger partial charge in [0.1, 0.15) is 30.2 Å². The molecule has 0 unspecified atom stereocenters. The summed E-state index contributed by atoms with van der Waals surface area (Å²) >= 11 is 0. The molecule has 1 aromatic carbocycles. The number of hydrogen-bond acceptors (Lipinski definition) is 6. The van der Waals surface area contributed by atoms with Gasteiger partial charge in [0.2, 0.25) is 0 Å². The van der Waals surface area contributed by atoms with Crippen LogP contribution in [0.4, 0.5) is 19.0 Å². The third kappa shape index (κ3) is 4.94. The van der Waals surface area contributed by atoms with Crippen LogP contribution in [0.25, 0.3) is 11.0 Å². The van der Waals surface area contributed by atoms with Crippen LogP contribution in [0.15, 0.2) is 24.3 Å². The average Bonchev–Trinajstić information content (AvgIpc) is 2.77. The highest BCUT2D eigenvalue weighted by Crippen LogP contribution is 2.45. The molecule has 0 fully saturated rings. The molecule has 0 saturated heterocycles. The fourth-order valence-electron chi connectivity index (χ4n) is 4.07. The van der Waals surface area contributed by atoms with E-state index in [0.717, 1.165) is 19.9 Å². The summed E-state index contributed by atoms with van der Waals surface area (Å²) in [6.45, 7) is 10.7. The van der Waals surface area contributed by atoms with E-state index in [2.05, 4.69) is 20.3 Å². The Balaban J connectivity index is 2.12. The van der Waals surface area contributed by atoms with Crippen molar-refractivity contribution < 1.29 is 22.8 Å². The van der Waals surface area contributed by atoms with Crippen molar-refractivity contribution in [2.24, 2.45) is 0 Å². The van der Waals surface area contributed by atoms with Gasteiger partial charge in [-0.3, -0.25) is 0 Å². The Hall–Kier alpha value is -2.51. The van der Waals surface area contributed by atoms with Gasteiger partial charge in [-0.2, -0.15) is 8.78 Å². The summed E-state index contributed by atoms with van der Waals surface area (Å²) in [5.41, 5.74) is -2.31. The van der Waals surface area contributed by atoms with Crippen molar-refractivity contribution in [3.05, 3.63) is 52.7 Å². The van der Waals surface area contributed by atoms with E-state index in [1.165, 1.54) is 12.1 Å². The monoisotopic (exact) mass is 508 g/mol. The molecule has 2 N–H and O–H groups in total. The molecule has 0 aliphatic carbocycles. The van der Waals surface area contributed by atoms with E-state index in [4.69, 9.17) is 0 Å². The van der Waals surface area contributed by atoms with Crippen LogP contribution in [0.5, 0.6) is 0 Å². The summed E-state index contributed by atoms with van der Waals surface area (Å²) in [5.74, 6) is -4.15. The lowest BCUT2D eigenvalue weighted by molar-refractivity contribution is -0.170. The highest BCUT2D eigenvalue weighted by Gasteiger charge is 2.49. The standard InChI is InChI=1S/C25H32F3N4O2P/c1-8-35(34,9-2)20-13-18-22(31-16(5)32-23(18)30-15(20)4)29-14(3)17-11-10-12-19(21(17)26)25(27,28)24(6,7)33/h10-14,33H,8-9H2,1-7H3,(H,29,30,31,32)/t14-/m1/s1. The van der Waals surface area contributed by atoms with Gasteiger partial charge in [-0.15, -0.1) is 0 Å². The highest BCUT2D eigenvalue weighted by atomic mass is 31.2. The number of benzene rings is 1. The molecule has 0 aliphatic rings. The Morgan fingerprint density at radius 2 is 1.74 bits per heavy atom. The van der Waals surface area contributed by atoms with Gasteiger partial charge in [-0.1, -0.05) is 26.0 Å². The van der Waals surface area contributed by atoms with Crippen LogP contribution in [-0.4, -0.2) is 38.0 Å². The first-order valence-electron chi connectivity index (χ1n) is 11.6. The molecular formula is C25H32F3N4O2P. The van der Waals surface area contributed by atoms with E-state index in [-0.39, 0.29) is 5.56 Å². The topological polar surface area (TPSA) is 88.0 Å². The van der Waals surface area contributed by atoms with Crippen molar-refractivity contribution in [2.75, 3.05) is 17.6 Å². The number of rotatable bonds is 8. The number of pyridine rings is 1. The molecule has 6 nitrogen and oxygen atoms in total. The van der Waals surface area contributed by atoms with Gasteiger partial charge < -0.3 is 15.0 Å². The zero-order chi connectivity index (χ0) is 26.3. The quantitative estimate of drug-likeness (QED) is 0.372. The lowest BCUT2D eigenvalue weighted by Gasteiger charge is -2.30. The second-order valence-corrected chi connectivity index (χ2v) is 12.8. The van der Waals surface area contributed by atoms with E-state index < -0.39 is 36.1 Å². The molecule has 0 radical (unpaired) electrons. The molecule has 0 spiro atoms. The second kappa shape index (κ2) is 9.51. The number of fused-ring (bicyclic) bond motifs is 1. The summed E-state index contributed by atoms with van der Waals surface area (Å²) in [5, 5.41) is 14.2. The molecule has 2 heterocycles.